The van der Waals surface area contributed by atoms with Crippen LogP contribution in [-0.2, 0) is 10.2 Å². The molecule has 2 N–H and O–H groups in total. The fraction of sp³-hybridized carbons (Fsp3) is 0.562. The van der Waals surface area contributed by atoms with Crippen LogP contribution >= 0.6 is 24.0 Å². The van der Waals surface area contributed by atoms with Crippen molar-refractivity contribution in [1.82, 2.24) is 10.6 Å². The van der Waals surface area contributed by atoms with Crippen molar-refractivity contribution in [2.45, 2.75) is 18.3 Å². The van der Waals surface area contributed by atoms with Crippen LogP contribution in [0.4, 0.5) is 0 Å². The number of rotatable bonds is 4. The summed E-state index contributed by atoms with van der Waals surface area (Å²) in [5.41, 5.74) is 1.41. The zero-order valence-corrected chi connectivity index (χ0v) is 15.8. The lowest BCUT2D eigenvalue weighted by molar-refractivity contribution is 0.0514. The van der Waals surface area contributed by atoms with Crippen LogP contribution in [0.2, 0.25) is 0 Å². The monoisotopic (exact) mass is 419 g/mol. The molecule has 2 rings (SSSR count). The summed E-state index contributed by atoms with van der Waals surface area (Å²) in [4.78, 5) is 4.19. The number of benzene rings is 1. The fourth-order valence-electron chi connectivity index (χ4n) is 2.81. The number of aliphatic imine (C=N–C) groups is 1. The SMILES string of the molecule is CN=C(NC)NCC1(c2ccc(OC)cc2)CCOCC1.I. The Morgan fingerprint density at radius 2 is 1.91 bits per heavy atom. The van der Waals surface area contributed by atoms with Gasteiger partial charge in [-0.2, -0.15) is 0 Å². The van der Waals surface area contributed by atoms with Gasteiger partial charge in [-0.05, 0) is 30.5 Å². The van der Waals surface area contributed by atoms with E-state index >= 15 is 0 Å². The zero-order chi connectivity index (χ0) is 15.1. The molecule has 0 saturated carbocycles. The first-order chi connectivity index (χ1) is 10.2. The number of hydrogen-bond donors (Lipinski definition) is 2. The minimum absolute atomic E-state index is 0. The highest BCUT2D eigenvalue weighted by Crippen LogP contribution is 2.35. The van der Waals surface area contributed by atoms with Crippen molar-refractivity contribution < 1.29 is 9.47 Å². The van der Waals surface area contributed by atoms with E-state index in [0.717, 1.165) is 44.3 Å². The van der Waals surface area contributed by atoms with Gasteiger partial charge < -0.3 is 20.1 Å². The summed E-state index contributed by atoms with van der Waals surface area (Å²) in [7, 11) is 5.35. The Hall–Kier alpha value is -1.02. The summed E-state index contributed by atoms with van der Waals surface area (Å²) >= 11 is 0. The minimum Gasteiger partial charge on any atom is -0.497 e. The van der Waals surface area contributed by atoms with Crippen LogP contribution in [0.15, 0.2) is 29.3 Å². The molecule has 0 amide bonds. The number of ether oxygens (including phenoxy) is 2. The van der Waals surface area contributed by atoms with E-state index in [-0.39, 0.29) is 29.4 Å². The van der Waals surface area contributed by atoms with Gasteiger partial charge in [0.15, 0.2) is 5.96 Å². The summed E-state index contributed by atoms with van der Waals surface area (Å²) < 4.78 is 10.8. The predicted octanol–water partition coefficient (Wildman–Crippen LogP) is 2.16. The first-order valence-corrected chi connectivity index (χ1v) is 7.35. The van der Waals surface area contributed by atoms with Crippen molar-refractivity contribution in [3.63, 3.8) is 0 Å². The van der Waals surface area contributed by atoms with Gasteiger partial charge in [-0.1, -0.05) is 12.1 Å². The lowest BCUT2D eigenvalue weighted by atomic mass is 9.74. The van der Waals surface area contributed by atoms with Crippen LogP contribution in [0.25, 0.3) is 0 Å². The van der Waals surface area contributed by atoms with Gasteiger partial charge in [-0.3, -0.25) is 4.99 Å². The Kier molecular flexibility index (Phi) is 7.95. The van der Waals surface area contributed by atoms with Gasteiger partial charge >= 0.3 is 0 Å². The average Bonchev–Trinajstić information content (AvgIpc) is 2.57. The molecule has 0 spiro atoms. The molecule has 1 heterocycles. The summed E-state index contributed by atoms with van der Waals surface area (Å²) in [5, 5.41) is 6.47. The molecule has 1 saturated heterocycles. The molecule has 0 radical (unpaired) electrons. The number of halogens is 1. The standard InChI is InChI=1S/C16H25N3O2.HI/c1-17-15(18-2)19-12-16(8-10-21-11-9-16)13-4-6-14(20-3)7-5-13;/h4-7H,8-12H2,1-3H3,(H2,17,18,19);1H. The molecule has 0 unspecified atom stereocenters. The molecule has 124 valence electrons. The third kappa shape index (κ3) is 4.49. The highest BCUT2D eigenvalue weighted by molar-refractivity contribution is 14.0. The first-order valence-electron chi connectivity index (χ1n) is 7.35. The molecule has 1 aliphatic heterocycles. The second-order valence-corrected chi connectivity index (χ2v) is 5.30. The Morgan fingerprint density at radius 1 is 1.27 bits per heavy atom. The quantitative estimate of drug-likeness (QED) is 0.446. The summed E-state index contributed by atoms with van der Waals surface area (Å²) in [6.07, 6.45) is 2.01. The van der Waals surface area contributed by atoms with Gasteiger partial charge in [-0.25, -0.2) is 0 Å². The van der Waals surface area contributed by atoms with Crippen molar-refractivity contribution in [2.24, 2.45) is 4.99 Å². The molecule has 5 nitrogen and oxygen atoms in total. The lowest BCUT2D eigenvalue weighted by Gasteiger charge is -2.38. The van der Waals surface area contributed by atoms with Gasteiger partial charge in [-0.15, -0.1) is 24.0 Å². The van der Waals surface area contributed by atoms with Crippen LogP contribution in [-0.4, -0.2) is 46.9 Å². The van der Waals surface area contributed by atoms with Gasteiger partial charge in [0.25, 0.3) is 0 Å². The van der Waals surface area contributed by atoms with E-state index in [4.69, 9.17) is 9.47 Å². The molecule has 0 atom stereocenters. The lowest BCUT2D eigenvalue weighted by Crippen LogP contribution is -2.47. The van der Waals surface area contributed by atoms with E-state index in [9.17, 15) is 0 Å². The minimum atomic E-state index is 0. The van der Waals surface area contributed by atoms with Crippen molar-refractivity contribution in [3.8, 4) is 5.75 Å². The Morgan fingerprint density at radius 3 is 2.41 bits per heavy atom. The zero-order valence-electron chi connectivity index (χ0n) is 13.5. The summed E-state index contributed by atoms with van der Waals surface area (Å²) in [6.45, 7) is 2.44. The third-order valence-electron chi connectivity index (χ3n) is 4.21. The van der Waals surface area contributed by atoms with Crippen LogP contribution in [0.3, 0.4) is 0 Å². The second kappa shape index (κ2) is 9.19. The van der Waals surface area contributed by atoms with Crippen LogP contribution in [0.1, 0.15) is 18.4 Å². The van der Waals surface area contributed by atoms with Gasteiger partial charge in [0.05, 0.1) is 7.11 Å². The van der Waals surface area contributed by atoms with E-state index in [0.29, 0.717) is 0 Å². The molecule has 0 aliphatic carbocycles. The number of nitrogens with one attached hydrogen (secondary N) is 2. The van der Waals surface area contributed by atoms with E-state index in [1.165, 1.54) is 5.56 Å². The average molecular weight is 419 g/mol. The fourth-order valence-corrected chi connectivity index (χ4v) is 2.81. The largest absolute Gasteiger partial charge is 0.497 e. The van der Waals surface area contributed by atoms with Gasteiger partial charge in [0.1, 0.15) is 5.75 Å². The summed E-state index contributed by atoms with van der Waals surface area (Å²) in [5.74, 6) is 1.70. The van der Waals surface area contributed by atoms with E-state index < -0.39 is 0 Å². The van der Waals surface area contributed by atoms with Crippen molar-refractivity contribution >= 4 is 29.9 Å². The molecule has 1 aromatic rings. The predicted molar refractivity (Wildman–Crippen MR) is 101 cm³/mol. The molecule has 22 heavy (non-hydrogen) atoms. The molecule has 0 bridgehead atoms. The van der Waals surface area contributed by atoms with Crippen molar-refractivity contribution in [2.75, 3.05) is 41.0 Å². The highest BCUT2D eigenvalue weighted by Gasteiger charge is 2.34. The maximum absolute atomic E-state index is 5.55. The van der Waals surface area contributed by atoms with Crippen LogP contribution < -0.4 is 15.4 Å². The molecule has 6 heteroatoms. The smallest absolute Gasteiger partial charge is 0.190 e. The molecule has 1 aromatic carbocycles. The molecular formula is C16H26IN3O2. The molecular weight excluding hydrogens is 393 g/mol. The molecule has 0 aromatic heterocycles. The van der Waals surface area contributed by atoms with Crippen LogP contribution in [0.5, 0.6) is 5.75 Å². The van der Waals surface area contributed by atoms with Gasteiger partial charge in [0, 0.05) is 39.3 Å². The third-order valence-corrected chi connectivity index (χ3v) is 4.21. The van der Waals surface area contributed by atoms with E-state index in [1.807, 2.05) is 19.2 Å². The number of guanidine groups is 1. The molecule has 1 fully saturated rings. The normalized spacial score (nSPS) is 17.3. The Balaban J connectivity index is 0.00000242. The van der Waals surface area contributed by atoms with Crippen LogP contribution in [0, 0.1) is 0 Å². The number of methoxy groups -OCH3 is 1. The number of hydrogen-bond acceptors (Lipinski definition) is 3. The van der Waals surface area contributed by atoms with Crippen molar-refractivity contribution in [3.05, 3.63) is 29.8 Å². The van der Waals surface area contributed by atoms with E-state index in [2.05, 4.69) is 27.8 Å². The maximum atomic E-state index is 5.55. The Bertz CT molecular complexity index is 471. The maximum Gasteiger partial charge on any atom is 0.190 e. The molecule has 1 aliphatic rings. The Labute approximate surface area is 149 Å². The highest BCUT2D eigenvalue weighted by atomic mass is 127. The van der Waals surface area contributed by atoms with E-state index in [1.54, 1.807) is 14.2 Å². The topological polar surface area (TPSA) is 54.9 Å². The van der Waals surface area contributed by atoms with Gasteiger partial charge in [0.2, 0.25) is 0 Å². The van der Waals surface area contributed by atoms with Crippen molar-refractivity contribution in [1.29, 1.82) is 0 Å². The number of nitrogens with zero attached hydrogens (tertiary/aromatic N) is 1. The second-order valence-electron chi connectivity index (χ2n) is 5.30. The summed E-state index contributed by atoms with van der Waals surface area (Å²) in [6, 6.07) is 8.38. The first kappa shape index (κ1) is 19.0.